The van der Waals surface area contributed by atoms with Crippen LogP contribution in [-0.4, -0.2) is 23.2 Å². The van der Waals surface area contributed by atoms with Crippen LogP contribution < -0.4 is 11.1 Å². The van der Waals surface area contributed by atoms with E-state index in [0.717, 1.165) is 19.5 Å². The Kier molecular flexibility index (Phi) is 2.56. The van der Waals surface area contributed by atoms with Gasteiger partial charge in [-0.15, -0.1) is 0 Å². The second-order valence-corrected chi connectivity index (χ2v) is 3.37. The summed E-state index contributed by atoms with van der Waals surface area (Å²) in [5.74, 6) is 1.96. The molecule has 0 aliphatic carbocycles. The Morgan fingerprint density at radius 3 is 3.15 bits per heavy atom. The summed E-state index contributed by atoms with van der Waals surface area (Å²) in [4.78, 5) is 4.16. The van der Waals surface area contributed by atoms with Gasteiger partial charge in [0.2, 0.25) is 5.89 Å². The fourth-order valence-corrected chi connectivity index (χ4v) is 1.59. The average molecular weight is 182 g/mol. The van der Waals surface area contributed by atoms with Crippen molar-refractivity contribution >= 4 is 0 Å². The van der Waals surface area contributed by atoms with Gasteiger partial charge in [-0.25, -0.2) is 0 Å². The summed E-state index contributed by atoms with van der Waals surface area (Å²) in [6, 6.07) is 0. The highest BCUT2D eigenvalue weighted by Crippen LogP contribution is 2.13. The van der Waals surface area contributed by atoms with Crippen molar-refractivity contribution in [1.29, 1.82) is 0 Å². The minimum absolute atomic E-state index is 0.354. The first-order valence-electron chi connectivity index (χ1n) is 4.60. The number of nitrogens with two attached hydrogens (primary N) is 1. The maximum atomic E-state index is 5.37. The molecular formula is C8H14N4O. The molecule has 0 amide bonds. The van der Waals surface area contributed by atoms with Crippen molar-refractivity contribution < 1.29 is 4.52 Å². The van der Waals surface area contributed by atoms with Crippen LogP contribution in [0.1, 0.15) is 18.1 Å². The van der Waals surface area contributed by atoms with Crippen molar-refractivity contribution in [2.45, 2.75) is 19.4 Å². The topological polar surface area (TPSA) is 77.0 Å². The van der Waals surface area contributed by atoms with Crippen LogP contribution in [0.3, 0.4) is 0 Å². The largest absolute Gasteiger partial charge is 0.339 e. The van der Waals surface area contributed by atoms with Gasteiger partial charge in [-0.1, -0.05) is 5.16 Å². The predicted octanol–water partition coefficient (Wildman–Crippen LogP) is -0.320. The fourth-order valence-electron chi connectivity index (χ4n) is 1.59. The van der Waals surface area contributed by atoms with Gasteiger partial charge in [-0.3, -0.25) is 0 Å². The van der Waals surface area contributed by atoms with Crippen LogP contribution in [0, 0.1) is 5.92 Å². The van der Waals surface area contributed by atoms with Gasteiger partial charge in [0.25, 0.3) is 0 Å². The quantitative estimate of drug-likeness (QED) is 0.670. The minimum Gasteiger partial charge on any atom is -0.339 e. The van der Waals surface area contributed by atoms with Gasteiger partial charge >= 0.3 is 0 Å². The van der Waals surface area contributed by atoms with E-state index in [1.54, 1.807) is 0 Å². The molecule has 1 aliphatic heterocycles. The van der Waals surface area contributed by atoms with Crippen LogP contribution in [0.5, 0.6) is 0 Å². The third-order valence-electron chi connectivity index (χ3n) is 2.32. The molecule has 5 nitrogen and oxygen atoms in total. The van der Waals surface area contributed by atoms with Crippen molar-refractivity contribution in [3.8, 4) is 0 Å². The van der Waals surface area contributed by atoms with Crippen molar-refractivity contribution in [2.75, 3.05) is 13.1 Å². The number of nitrogens with one attached hydrogen (secondary N) is 1. The molecule has 0 radical (unpaired) electrons. The number of aromatic nitrogens is 2. The zero-order chi connectivity index (χ0) is 9.10. The molecule has 3 N–H and O–H groups in total. The van der Waals surface area contributed by atoms with Crippen LogP contribution in [0.25, 0.3) is 0 Å². The zero-order valence-corrected chi connectivity index (χ0v) is 7.49. The second kappa shape index (κ2) is 3.85. The van der Waals surface area contributed by atoms with E-state index in [0.29, 0.717) is 24.2 Å². The van der Waals surface area contributed by atoms with Gasteiger partial charge in [0.15, 0.2) is 5.82 Å². The van der Waals surface area contributed by atoms with Crippen LogP contribution >= 0.6 is 0 Å². The van der Waals surface area contributed by atoms with Crippen molar-refractivity contribution in [3.63, 3.8) is 0 Å². The van der Waals surface area contributed by atoms with Gasteiger partial charge in [0, 0.05) is 6.42 Å². The lowest BCUT2D eigenvalue weighted by Crippen LogP contribution is -2.11. The number of hydrogen-bond acceptors (Lipinski definition) is 5. The molecule has 0 aromatic carbocycles. The normalized spacial score (nSPS) is 22.4. The standard InChI is InChI=1S/C8H14N4O/c9-4-7-11-8(13-12-7)3-6-1-2-10-5-6/h6,10H,1-5,9H2/t6-/m0/s1. The van der Waals surface area contributed by atoms with Crippen LogP contribution in [0.4, 0.5) is 0 Å². The van der Waals surface area contributed by atoms with E-state index in [-0.39, 0.29) is 0 Å². The smallest absolute Gasteiger partial charge is 0.227 e. The molecule has 1 fully saturated rings. The van der Waals surface area contributed by atoms with Crippen LogP contribution in [0.2, 0.25) is 0 Å². The molecule has 1 atom stereocenters. The molecule has 0 spiro atoms. The molecule has 5 heteroatoms. The van der Waals surface area contributed by atoms with Gasteiger partial charge in [0.05, 0.1) is 6.54 Å². The third kappa shape index (κ3) is 2.05. The van der Waals surface area contributed by atoms with E-state index in [1.165, 1.54) is 6.42 Å². The highest BCUT2D eigenvalue weighted by molar-refractivity contribution is 4.88. The molecular weight excluding hydrogens is 168 g/mol. The van der Waals surface area contributed by atoms with Gasteiger partial charge in [-0.2, -0.15) is 4.98 Å². The molecule has 1 saturated heterocycles. The van der Waals surface area contributed by atoms with Crippen molar-refractivity contribution in [2.24, 2.45) is 11.7 Å². The summed E-state index contributed by atoms with van der Waals surface area (Å²) >= 11 is 0. The minimum atomic E-state index is 0.354. The Morgan fingerprint density at radius 2 is 2.54 bits per heavy atom. The maximum Gasteiger partial charge on any atom is 0.227 e. The number of hydrogen-bond donors (Lipinski definition) is 2. The first kappa shape index (κ1) is 8.65. The Hall–Kier alpha value is -0.940. The van der Waals surface area contributed by atoms with E-state index in [9.17, 15) is 0 Å². The van der Waals surface area contributed by atoms with Gasteiger partial charge in [0.1, 0.15) is 0 Å². The molecule has 0 unspecified atom stereocenters. The van der Waals surface area contributed by atoms with Crippen LogP contribution in [0.15, 0.2) is 4.52 Å². The highest BCUT2D eigenvalue weighted by Gasteiger charge is 2.17. The Morgan fingerprint density at radius 1 is 1.62 bits per heavy atom. The summed E-state index contributed by atoms with van der Waals surface area (Å²) in [5.41, 5.74) is 5.37. The molecule has 1 aromatic rings. The number of nitrogens with zero attached hydrogens (tertiary/aromatic N) is 2. The fraction of sp³-hybridized carbons (Fsp3) is 0.750. The first-order valence-corrected chi connectivity index (χ1v) is 4.60. The summed E-state index contributed by atoms with van der Waals surface area (Å²) < 4.78 is 5.05. The highest BCUT2D eigenvalue weighted by atomic mass is 16.5. The number of rotatable bonds is 3. The van der Waals surface area contributed by atoms with Crippen molar-refractivity contribution in [3.05, 3.63) is 11.7 Å². The predicted molar refractivity (Wildman–Crippen MR) is 46.9 cm³/mol. The molecule has 2 heterocycles. The maximum absolute atomic E-state index is 5.37. The molecule has 1 aliphatic rings. The van der Waals surface area contributed by atoms with E-state index >= 15 is 0 Å². The van der Waals surface area contributed by atoms with Crippen molar-refractivity contribution in [1.82, 2.24) is 15.5 Å². The zero-order valence-electron chi connectivity index (χ0n) is 7.49. The monoisotopic (exact) mass is 182 g/mol. The lowest BCUT2D eigenvalue weighted by Gasteiger charge is -2.01. The molecule has 72 valence electrons. The molecule has 13 heavy (non-hydrogen) atoms. The summed E-state index contributed by atoms with van der Waals surface area (Å²) in [6.45, 7) is 2.51. The Balaban J connectivity index is 1.92. The summed E-state index contributed by atoms with van der Waals surface area (Å²) in [7, 11) is 0. The van der Waals surface area contributed by atoms with E-state index < -0.39 is 0 Å². The third-order valence-corrected chi connectivity index (χ3v) is 2.32. The molecule has 0 bridgehead atoms. The second-order valence-electron chi connectivity index (χ2n) is 3.37. The van der Waals surface area contributed by atoms with E-state index in [1.807, 2.05) is 0 Å². The van der Waals surface area contributed by atoms with E-state index in [4.69, 9.17) is 10.3 Å². The van der Waals surface area contributed by atoms with E-state index in [2.05, 4.69) is 15.5 Å². The SMILES string of the molecule is NCc1noc(C[C@@H]2CCNC2)n1. The summed E-state index contributed by atoms with van der Waals surface area (Å²) in [6.07, 6.45) is 2.07. The van der Waals surface area contributed by atoms with Gasteiger partial charge in [-0.05, 0) is 25.4 Å². The molecule has 2 rings (SSSR count). The lowest BCUT2D eigenvalue weighted by molar-refractivity contribution is 0.353. The van der Waals surface area contributed by atoms with Crippen LogP contribution in [-0.2, 0) is 13.0 Å². The molecule has 0 saturated carbocycles. The average Bonchev–Trinajstić information content (AvgIpc) is 2.76. The Bertz CT molecular complexity index is 267. The lowest BCUT2D eigenvalue weighted by atomic mass is 10.1. The first-order chi connectivity index (χ1) is 6.38. The summed E-state index contributed by atoms with van der Waals surface area (Å²) in [5, 5.41) is 7.04. The van der Waals surface area contributed by atoms with Gasteiger partial charge < -0.3 is 15.6 Å². The Labute approximate surface area is 76.7 Å². The molecule has 1 aromatic heterocycles.